The molecule has 3 heterocycles. The molecule has 11 N–H and O–H groups in total. The van der Waals surface area contributed by atoms with Gasteiger partial charge in [-0.25, -0.2) is 0 Å². The Bertz CT molecular complexity index is 651. The number of hydrogen-bond acceptors (Lipinski definition) is 16. The fourth-order valence-corrected chi connectivity index (χ4v) is 3.93. The zero-order valence-electron chi connectivity index (χ0n) is 17.8. The highest BCUT2D eigenvalue weighted by atomic mass is 16.7. The summed E-state index contributed by atoms with van der Waals surface area (Å²) in [5.74, 6) is -2.55. The minimum atomic E-state index is -2.55. The lowest BCUT2D eigenvalue weighted by molar-refractivity contribution is -0.335. The van der Waals surface area contributed by atoms with Crippen molar-refractivity contribution < 1.29 is 79.9 Å². The van der Waals surface area contributed by atoms with Crippen molar-refractivity contribution in [2.24, 2.45) is 0 Å². The van der Waals surface area contributed by atoms with Crippen LogP contribution in [0.15, 0.2) is 0 Å². The molecule has 0 amide bonds. The standard InChI is InChI=1S/C18H32O16/c19-1-5-8(21)11(24)13(26)16(32-5)30-3-7-10(23)15(28)18(29,34-7)4-31-17-14(27)12(25)9(22)6(2-20)33-17/h5-17,19-29H,1-4H2/t5-,6-,7+,8-,9-,10+,11+,12+,13-,14-,15-,16-,17-,18+/m0/s1. The molecule has 3 aliphatic heterocycles. The van der Waals surface area contributed by atoms with E-state index in [0.717, 1.165) is 0 Å². The van der Waals surface area contributed by atoms with E-state index < -0.39 is 112 Å². The van der Waals surface area contributed by atoms with Gasteiger partial charge >= 0.3 is 0 Å². The van der Waals surface area contributed by atoms with Crippen molar-refractivity contribution >= 4 is 0 Å². The van der Waals surface area contributed by atoms with E-state index in [0.29, 0.717) is 0 Å². The zero-order valence-corrected chi connectivity index (χ0v) is 17.8. The van der Waals surface area contributed by atoms with Crippen LogP contribution in [-0.4, -0.2) is 168 Å². The minimum absolute atomic E-state index is 0.594. The first-order valence-electron chi connectivity index (χ1n) is 10.6. The van der Waals surface area contributed by atoms with Crippen LogP contribution in [0.4, 0.5) is 0 Å². The van der Waals surface area contributed by atoms with Crippen LogP contribution < -0.4 is 0 Å². The monoisotopic (exact) mass is 504 g/mol. The number of aliphatic hydroxyl groups is 11. The molecule has 0 saturated carbocycles. The summed E-state index contributed by atoms with van der Waals surface area (Å²) in [6, 6.07) is 0. The molecular weight excluding hydrogens is 472 g/mol. The van der Waals surface area contributed by atoms with Gasteiger partial charge in [-0.2, -0.15) is 0 Å². The van der Waals surface area contributed by atoms with Gasteiger partial charge in [-0.05, 0) is 0 Å². The van der Waals surface area contributed by atoms with Crippen LogP contribution in [0, 0.1) is 0 Å². The van der Waals surface area contributed by atoms with Gasteiger partial charge in [-0.3, -0.25) is 0 Å². The van der Waals surface area contributed by atoms with Crippen LogP contribution >= 0.6 is 0 Å². The smallest absolute Gasteiger partial charge is 0.219 e. The quantitative estimate of drug-likeness (QED) is 0.146. The number of rotatable bonds is 8. The topological polar surface area (TPSA) is 269 Å². The van der Waals surface area contributed by atoms with E-state index in [1.807, 2.05) is 0 Å². The molecule has 16 heteroatoms. The third-order valence-corrected chi connectivity index (χ3v) is 6.10. The molecule has 34 heavy (non-hydrogen) atoms. The SMILES string of the molecule is OC[C@@H]1O[C@H](OC[C@H]2O[C@](O)(CO[C@H]3O[C@@H](CO)[C@H](O)[C@@H](O)[C@@H]3O)[C@@H](O)[C@@H]2O)[C@@H](O)[C@H](O)[C@H]1O. The maximum Gasteiger partial charge on any atom is 0.219 e. The van der Waals surface area contributed by atoms with Crippen molar-refractivity contribution in [3.05, 3.63) is 0 Å². The molecule has 0 spiro atoms. The van der Waals surface area contributed by atoms with Crippen LogP contribution in [-0.2, 0) is 23.7 Å². The molecule has 0 aliphatic carbocycles. The number of ether oxygens (including phenoxy) is 5. The van der Waals surface area contributed by atoms with Gasteiger partial charge in [0.15, 0.2) is 12.6 Å². The van der Waals surface area contributed by atoms with Crippen LogP contribution in [0.3, 0.4) is 0 Å². The van der Waals surface area contributed by atoms with Gasteiger partial charge in [0.2, 0.25) is 5.79 Å². The summed E-state index contributed by atoms with van der Waals surface area (Å²) in [4.78, 5) is 0. The Labute approximate surface area is 192 Å². The van der Waals surface area contributed by atoms with Crippen molar-refractivity contribution in [3.63, 3.8) is 0 Å². The summed E-state index contributed by atoms with van der Waals surface area (Å²) >= 11 is 0. The van der Waals surface area contributed by atoms with Crippen molar-refractivity contribution in [2.45, 2.75) is 85.5 Å². The summed E-state index contributed by atoms with van der Waals surface area (Å²) < 4.78 is 25.9. The Morgan fingerprint density at radius 1 is 0.588 bits per heavy atom. The first kappa shape index (κ1) is 27.9. The van der Waals surface area contributed by atoms with Gasteiger partial charge in [0.1, 0.15) is 73.8 Å². The van der Waals surface area contributed by atoms with Crippen LogP contribution in [0.25, 0.3) is 0 Å². The van der Waals surface area contributed by atoms with Crippen molar-refractivity contribution in [2.75, 3.05) is 26.4 Å². The van der Waals surface area contributed by atoms with E-state index in [4.69, 9.17) is 23.7 Å². The fraction of sp³-hybridized carbons (Fsp3) is 1.00. The molecule has 0 unspecified atom stereocenters. The minimum Gasteiger partial charge on any atom is -0.394 e. The van der Waals surface area contributed by atoms with Crippen molar-refractivity contribution in [1.29, 1.82) is 0 Å². The molecular formula is C18H32O16. The molecule has 3 rings (SSSR count). The second kappa shape index (κ2) is 11.2. The van der Waals surface area contributed by atoms with Gasteiger partial charge in [-0.1, -0.05) is 0 Å². The van der Waals surface area contributed by atoms with Crippen LogP contribution in [0.1, 0.15) is 0 Å². The summed E-state index contributed by atoms with van der Waals surface area (Å²) in [5.41, 5.74) is 0. The molecule has 3 fully saturated rings. The third-order valence-electron chi connectivity index (χ3n) is 6.10. The van der Waals surface area contributed by atoms with Gasteiger partial charge in [0.05, 0.1) is 19.8 Å². The maximum absolute atomic E-state index is 10.6. The van der Waals surface area contributed by atoms with Crippen LogP contribution in [0.5, 0.6) is 0 Å². The average Bonchev–Trinajstić information content (AvgIpc) is 3.04. The Morgan fingerprint density at radius 2 is 1.06 bits per heavy atom. The van der Waals surface area contributed by atoms with Gasteiger partial charge in [-0.15, -0.1) is 0 Å². The molecule has 0 aromatic carbocycles. The molecule has 14 atom stereocenters. The normalized spacial score (nSPS) is 52.1. The molecule has 3 saturated heterocycles. The number of aliphatic hydroxyl groups excluding tert-OH is 10. The highest BCUT2D eigenvalue weighted by Gasteiger charge is 2.55. The van der Waals surface area contributed by atoms with Gasteiger partial charge in [0.25, 0.3) is 0 Å². The van der Waals surface area contributed by atoms with E-state index in [1.165, 1.54) is 0 Å². The summed E-state index contributed by atoms with van der Waals surface area (Å²) in [7, 11) is 0. The van der Waals surface area contributed by atoms with Gasteiger partial charge < -0.3 is 79.9 Å². The van der Waals surface area contributed by atoms with E-state index in [2.05, 4.69) is 0 Å². The Morgan fingerprint density at radius 3 is 1.53 bits per heavy atom. The number of hydrogen-bond donors (Lipinski definition) is 11. The van der Waals surface area contributed by atoms with Gasteiger partial charge in [0, 0.05) is 0 Å². The lowest BCUT2D eigenvalue weighted by atomic mass is 9.99. The first-order valence-corrected chi connectivity index (χ1v) is 10.6. The fourth-order valence-electron chi connectivity index (χ4n) is 3.93. The second-order valence-electron chi connectivity index (χ2n) is 8.48. The van der Waals surface area contributed by atoms with E-state index >= 15 is 0 Å². The molecule has 0 aromatic heterocycles. The lowest BCUT2D eigenvalue weighted by Gasteiger charge is -2.40. The zero-order chi connectivity index (χ0) is 25.4. The molecule has 0 aromatic rings. The molecule has 0 bridgehead atoms. The predicted octanol–water partition coefficient (Wildman–Crippen LogP) is -7.57. The van der Waals surface area contributed by atoms with Crippen molar-refractivity contribution in [3.8, 4) is 0 Å². The Kier molecular flexibility index (Phi) is 9.18. The summed E-state index contributed by atoms with van der Waals surface area (Å²) in [5, 5.41) is 109. The van der Waals surface area contributed by atoms with E-state index in [9.17, 15) is 56.2 Å². The molecule has 200 valence electrons. The first-order chi connectivity index (χ1) is 15.9. The summed E-state index contributed by atoms with van der Waals surface area (Å²) in [6.45, 7) is -2.90. The molecule has 16 nitrogen and oxygen atoms in total. The van der Waals surface area contributed by atoms with E-state index in [1.54, 1.807) is 0 Å². The summed E-state index contributed by atoms with van der Waals surface area (Å²) in [6.07, 6.45) is -21.0. The Balaban J connectivity index is 1.57. The second-order valence-corrected chi connectivity index (χ2v) is 8.48. The average molecular weight is 504 g/mol. The highest BCUT2D eigenvalue weighted by Crippen LogP contribution is 2.32. The van der Waals surface area contributed by atoms with Crippen molar-refractivity contribution in [1.82, 2.24) is 0 Å². The largest absolute Gasteiger partial charge is 0.394 e. The third kappa shape index (κ3) is 5.37. The van der Waals surface area contributed by atoms with E-state index in [-0.39, 0.29) is 0 Å². The highest BCUT2D eigenvalue weighted by molar-refractivity contribution is 4.97. The lowest BCUT2D eigenvalue weighted by Crippen LogP contribution is -2.60. The molecule has 3 aliphatic rings. The maximum atomic E-state index is 10.6. The molecule has 0 radical (unpaired) electrons. The Hall–Kier alpha value is -0.640. The van der Waals surface area contributed by atoms with Crippen LogP contribution in [0.2, 0.25) is 0 Å². The predicted molar refractivity (Wildman–Crippen MR) is 101 cm³/mol.